The summed E-state index contributed by atoms with van der Waals surface area (Å²) in [5.74, 6) is -5.19. The summed E-state index contributed by atoms with van der Waals surface area (Å²) in [4.78, 5) is 61.9. The number of hydrogen-bond acceptors (Lipinski definition) is 8. The van der Waals surface area contributed by atoms with Gasteiger partial charge in [0.25, 0.3) is 0 Å². The lowest BCUT2D eigenvalue weighted by atomic mass is 10.0. The summed E-state index contributed by atoms with van der Waals surface area (Å²) in [5, 5.41) is 45.1. The van der Waals surface area contributed by atoms with Crippen LogP contribution in [0.15, 0.2) is 54.6 Å². The van der Waals surface area contributed by atoms with Gasteiger partial charge in [0.2, 0.25) is 17.7 Å². The predicted octanol–water partition coefficient (Wildman–Crippen LogP) is -0.711. The molecule has 3 amide bonds. The number of hydrogen-bond donors (Lipinski definition) is 8. The number of aliphatic hydroxyl groups is 1. The van der Waals surface area contributed by atoms with Crippen molar-refractivity contribution in [1.82, 2.24) is 16.0 Å². The van der Waals surface area contributed by atoms with E-state index in [1.54, 1.807) is 30.3 Å². The number of carboxylic acids is 2. The van der Waals surface area contributed by atoms with Gasteiger partial charge in [-0.2, -0.15) is 0 Å². The Morgan fingerprint density at radius 2 is 1.25 bits per heavy atom. The lowest BCUT2D eigenvalue weighted by Crippen LogP contribution is -2.58. The van der Waals surface area contributed by atoms with E-state index in [-0.39, 0.29) is 25.0 Å². The highest BCUT2D eigenvalue weighted by atomic mass is 16.4. The number of aliphatic hydroxyl groups excluding tert-OH is 1. The summed E-state index contributed by atoms with van der Waals surface area (Å²) >= 11 is 0. The van der Waals surface area contributed by atoms with Crippen LogP contribution in [-0.4, -0.2) is 80.4 Å². The number of aliphatic carboxylic acids is 2. The Morgan fingerprint density at radius 1 is 0.750 bits per heavy atom. The van der Waals surface area contributed by atoms with Crippen molar-refractivity contribution in [2.24, 2.45) is 5.73 Å². The first-order chi connectivity index (χ1) is 18.9. The molecule has 0 bridgehead atoms. The second-order valence-electron chi connectivity index (χ2n) is 9.28. The van der Waals surface area contributed by atoms with Gasteiger partial charge in [0.1, 0.15) is 29.9 Å². The first-order valence-corrected chi connectivity index (χ1v) is 12.5. The van der Waals surface area contributed by atoms with Crippen LogP contribution in [-0.2, 0) is 36.8 Å². The molecule has 0 saturated carbocycles. The van der Waals surface area contributed by atoms with E-state index in [1.165, 1.54) is 31.2 Å². The third-order valence-electron chi connectivity index (χ3n) is 6.01. The van der Waals surface area contributed by atoms with Crippen LogP contribution in [0.5, 0.6) is 5.75 Å². The second-order valence-corrected chi connectivity index (χ2v) is 9.28. The van der Waals surface area contributed by atoms with Crippen molar-refractivity contribution < 1.29 is 44.4 Å². The van der Waals surface area contributed by atoms with E-state index in [1.807, 2.05) is 0 Å². The number of carbonyl (C=O) groups excluding carboxylic acids is 3. The highest BCUT2D eigenvalue weighted by molar-refractivity contribution is 5.94. The molecule has 0 aromatic heterocycles. The maximum atomic E-state index is 13.3. The van der Waals surface area contributed by atoms with E-state index in [0.717, 1.165) is 0 Å². The zero-order valence-corrected chi connectivity index (χ0v) is 21.8. The van der Waals surface area contributed by atoms with Gasteiger partial charge in [0.05, 0.1) is 6.10 Å². The molecule has 0 heterocycles. The van der Waals surface area contributed by atoms with E-state index in [0.29, 0.717) is 11.1 Å². The summed E-state index contributed by atoms with van der Waals surface area (Å²) in [6.45, 7) is 1.27. The highest BCUT2D eigenvalue weighted by Gasteiger charge is 2.31. The first kappa shape index (κ1) is 31.7. The summed E-state index contributed by atoms with van der Waals surface area (Å²) in [5.41, 5.74) is 6.79. The zero-order valence-electron chi connectivity index (χ0n) is 21.8. The van der Waals surface area contributed by atoms with Crippen LogP contribution in [0.3, 0.4) is 0 Å². The van der Waals surface area contributed by atoms with Gasteiger partial charge in [0, 0.05) is 19.3 Å². The summed E-state index contributed by atoms with van der Waals surface area (Å²) in [6.07, 6.45) is -2.23. The molecule has 0 spiro atoms. The highest BCUT2D eigenvalue weighted by Crippen LogP contribution is 2.12. The van der Waals surface area contributed by atoms with Gasteiger partial charge < -0.3 is 42.1 Å². The van der Waals surface area contributed by atoms with Gasteiger partial charge in [-0.3, -0.25) is 19.2 Å². The summed E-state index contributed by atoms with van der Waals surface area (Å²) in [6, 6.07) is 8.87. The molecule has 0 aliphatic rings. The predicted molar refractivity (Wildman–Crippen MR) is 142 cm³/mol. The largest absolute Gasteiger partial charge is 0.508 e. The van der Waals surface area contributed by atoms with Gasteiger partial charge in [-0.05, 0) is 36.6 Å². The van der Waals surface area contributed by atoms with Gasteiger partial charge in [-0.1, -0.05) is 42.5 Å². The van der Waals surface area contributed by atoms with Crippen LogP contribution in [0.25, 0.3) is 0 Å². The van der Waals surface area contributed by atoms with Crippen molar-refractivity contribution in [1.29, 1.82) is 0 Å². The first-order valence-electron chi connectivity index (χ1n) is 12.5. The number of carbonyl (C=O) groups is 5. The van der Waals surface area contributed by atoms with E-state index in [9.17, 15) is 39.3 Å². The molecule has 5 unspecified atom stereocenters. The fourth-order valence-corrected chi connectivity index (χ4v) is 3.70. The minimum atomic E-state index is -1.41. The van der Waals surface area contributed by atoms with Crippen LogP contribution in [0.1, 0.15) is 30.9 Å². The number of nitrogens with two attached hydrogens (primary N) is 1. The minimum Gasteiger partial charge on any atom is -0.508 e. The maximum Gasteiger partial charge on any atom is 0.326 e. The number of amides is 3. The van der Waals surface area contributed by atoms with Crippen molar-refractivity contribution >= 4 is 29.7 Å². The average Bonchev–Trinajstić information content (AvgIpc) is 2.90. The van der Waals surface area contributed by atoms with Crippen molar-refractivity contribution in [3.8, 4) is 5.75 Å². The molecule has 2 aromatic rings. The van der Waals surface area contributed by atoms with Crippen molar-refractivity contribution in [3.63, 3.8) is 0 Å². The monoisotopic (exact) mass is 558 g/mol. The van der Waals surface area contributed by atoms with E-state index in [4.69, 9.17) is 10.8 Å². The molecule has 5 atom stereocenters. The molecule has 0 aliphatic heterocycles. The van der Waals surface area contributed by atoms with Crippen molar-refractivity contribution in [2.45, 2.75) is 62.9 Å². The SMILES string of the molecule is CC(O)C(N)C(=O)NC(CCC(=O)O)C(=O)NC(Cc1ccccc1)C(=O)NC(Cc1ccc(O)cc1)C(=O)O. The molecule has 0 saturated heterocycles. The van der Waals surface area contributed by atoms with E-state index >= 15 is 0 Å². The molecule has 216 valence electrons. The van der Waals surface area contributed by atoms with Crippen LogP contribution >= 0.6 is 0 Å². The molecule has 0 fully saturated rings. The van der Waals surface area contributed by atoms with Gasteiger partial charge >= 0.3 is 11.9 Å². The number of nitrogens with one attached hydrogen (secondary N) is 3. The Hall–Kier alpha value is -4.49. The summed E-state index contributed by atoms with van der Waals surface area (Å²) < 4.78 is 0. The number of phenols is 1. The molecule has 0 radical (unpaired) electrons. The average molecular weight is 559 g/mol. The Balaban J connectivity index is 2.27. The molecule has 2 aromatic carbocycles. The van der Waals surface area contributed by atoms with Crippen molar-refractivity contribution in [2.75, 3.05) is 0 Å². The normalized spacial score (nSPS) is 14.6. The quantitative estimate of drug-likeness (QED) is 0.137. The maximum absolute atomic E-state index is 13.3. The zero-order chi connectivity index (χ0) is 29.8. The molecule has 40 heavy (non-hydrogen) atoms. The van der Waals surface area contributed by atoms with Crippen LogP contribution < -0.4 is 21.7 Å². The molecule has 13 nitrogen and oxygen atoms in total. The number of aromatic hydroxyl groups is 1. The molecular weight excluding hydrogens is 524 g/mol. The molecule has 2 rings (SSSR count). The second kappa shape index (κ2) is 15.2. The van der Waals surface area contributed by atoms with Crippen LogP contribution in [0.2, 0.25) is 0 Å². The number of carboxylic acid groups (broad SMARTS) is 2. The standard InChI is InChI=1S/C27H34N4O9/c1-15(32)23(28)26(38)29-19(11-12-22(34)35)24(36)30-20(13-16-5-3-2-4-6-16)25(37)31-21(27(39)40)14-17-7-9-18(33)10-8-17/h2-10,15,19-21,23,32-33H,11-14,28H2,1H3,(H,29,38)(H,30,36)(H,31,37)(H,34,35)(H,39,40). The lowest BCUT2D eigenvalue weighted by molar-refractivity contribution is -0.142. The van der Waals surface area contributed by atoms with Gasteiger partial charge in [-0.25, -0.2) is 4.79 Å². The minimum absolute atomic E-state index is 0.00996. The molecule has 0 aliphatic carbocycles. The molecule has 9 N–H and O–H groups in total. The van der Waals surface area contributed by atoms with E-state index in [2.05, 4.69) is 16.0 Å². The van der Waals surface area contributed by atoms with Gasteiger partial charge in [-0.15, -0.1) is 0 Å². The molecular formula is C27H34N4O9. The van der Waals surface area contributed by atoms with Gasteiger partial charge in [0.15, 0.2) is 0 Å². The van der Waals surface area contributed by atoms with Crippen molar-refractivity contribution in [3.05, 3.63) is 65.7 Å². The Bertz CT molecular complexity index is 1170. The fourth-order valence-electron chi connectivity index (χ4n) is 3.70. The van der Waals surface area contributed by atoms with Crippen LogP contribution in [0, 0.1) is 0 Å². The topological polar surface area (TPSA) is 228 Å². The Morgan fingerprint density at radius 3 is 1.80 bits per heavy atom. The fraction of sp³-hybridized carbons (Fsp3) is 0.370. The Labute approximate surface area is 230 Å². The number of benzene rings is 2. The summed E-state index contributed by atoms with van der Waals surface area (Å²) in [7, 11) is 0. The smallest absolute Gasteiger partial charge is 0.326 e. The number of phenolic OH excluding ortho intramolecular Hbond substituents is 1. The number of rotatable bonds is 15. The van der Waals surface area contributed by atoms with Crippen LogP contribution in [0.4, 0.5) is 0 Å². The van der Waals surface area contributed by atoms with E-state index < -0.39 is 66.4 Å². The third kappa shape index (κ3) is 10.3. The Kier molecular flexibility index (Phi) is 12.0. The third-order valence-corrected chi connectivity index (χ3v) is 6.01. The lowest BCUT2D eigenvalue weighted by Gasteiger charge is -2.25. The molecule has 13 heteroatoms.